The summed E-state index contributed by atoms with van der Waals surface area (Å²) in [5.74, 6) is 0. The van der Waals surface area contributed by atoms with E-state index in [9.17, 15) is 0 Å². The minimum Gasteiger partial charge on any atom is -0.371 e. The van der Waals surface area contributed by atoms with Crippen molar-refractivity contribution in [2.24, 2.45) is 0 Å². The maximum absolute atomic E-state index is 3.78. The number of hydrogen-bond acceptors (Lipinski definition) is 2. The molecule has 0 bridgehead atoms. The van der Waals surface area contributed by atoms with Crippen LogP contribution in [0.25, 0.3) is 0 Å². The van der Waals surface area contributed by atoms with E-state index in [1.807, 2.05) is 6.08 Å². The Morgan fingerprint density at radius 2 is 2.43 bits per heavy atom. The Morgan fingerprint density at radius 3 is 3.21 bits per heavy atom. The molecule has 1 heterocycles. The van der Waals surface area contributed by atoms with Gasteiger partial charge in [0.2, 0.25) is 0 Å². The minimum absolute atomic E-state index is 0.933. The first-order valence-corrected chi connectivity index (χ1v) is 5.27. The Morgan fingerprint density at radius 1 is 1.57 bits per heavy atom. The van der Waals surface area contributed by atoms with Crippen LogP contribution in [0.4, 0.5) is 0 Å². The van der Waals surface area contributed by atoms with E-state index in [0.717, 1.165) is 19.6 Å². The van der Waals surface area contributed by atoms with E-state index in [-0.39, 0.29) is 0 Å². The summed E-state index contributed by atoms with van der Waals surface area (Å²) in [6.07, 6.45) is 6.75. The van der Waals surface area contributed by atoms with E-state index >= 15 is 0 Å². The molecule has 0 saturated carbocycles. The lowest BCUT2D eigenvalue weighted by atomic mass is 9.96. The highest BCUT2D eigenvalue weighted by Crippen LogP contribution is 2.29. The van der Waals surface area contributed by atoms with Crippen molar-refractivity contribution in [3.63, 3.8) is 0 Å². The molecule has 1 aliphatic heterocycles. The molecule has 0 spiro atoms. The molecule has 0 atom stereocenters. The zero-order valence-electron chi connectivity index (χ0n) is 8.84. The van der Waals surface area contributed by atoms with Crippen molar-refractivity contribution in [1.82, 2.24) is 10.2 Å². The molecule has 76 valence electrons. The van der Waals surface area contributed by atoms with Gasteiger partial charge in [0.1, 0.15) is 0 Å². The highest BCUT2D eigenvalue weighted by Gasteiger charge is 2.21. The lowest BCUT2D eigenvalue weighted by molar-refractivity contribution is 0.465. The lowest BCUT2D eigenvalue weighted by Gasteiger charge is -2.25. The molecule has 2 nitrogen and oxygen atoms in total. The molecule has 1 aliphatic carbocycles. The third kappa shape index (κ3) is 1.62. The van der Waals surface area contributed by atoms with Crippen LogP contribution in [-0.2, 0) is 0 Å². The van der Waals surface area contributed by atoms with Gasteiger partial charge in [-0.15, -0.1) is 6.58 Å². The third-order valence-electron chi connectivity index (χ3n) is 2.97. The summed E-state index contributed by atoms with van der Waals surface area (Å²) in [6.45, 7) is 6.85. The predicted molar refractivity (Wildman–Crippen MR) is 60.0 cm³/mol. The van der Waals surface area contributed by atoms with Crippen molar-refractivity contribution >= 4 is 0 Å². The van der Waals surface area contributed by atoms with Crippen LogP contribution in [-0.4, -0.2) is 31.6 Å². The summed E-state index contributed by atoms with van der Waals surface area (Å²) >= 11 is 0. The van der Waals surface area contributed by atoms with E-state index in [1.165, 1.54) is 24.1 Å². The van der Waals surface area contributed by atoms with Gasteiger partial charge in [0.05, 0.1) is 0 Å². The topological polar surface area (TPSA) is 15.3 Å². The molecule has 14 heavy (non-hydrogen) atoms. The number of nitrogens with zero attached hydrogens (tertiary/aromatic N) is 1. The molecule has 2 heteroatoms. The van der Waals surface area contributed by atoms with Gasteiger partial charge in [-0.3, -0.25) is 0 Å². The average molecular weight is 190 g/mol. The normalized spacial score (nSPS) is 20.5. The number of hydrogen-bond donors (Lipinski definition) is 1. The predicted octanol–water partition coefficient (Wildman–Crippen LogP) is 1.68. The van der Waals surface area contributed by atoms with Crippen molar-refractivity contribution in [3.8, 4) is 0 Å². The van der Waals surface area contributed by atoms with E-state index in [1.54, 1.807) is 5.57 Å². The van der Waals surface area contributed by atoms with Gasteiger partial charge < -0.3 is 10.2 Å². The van der Waals surface area contributed by atoms with Crippen molar-refractivity contribution in [3.05, 3.63) is 35.6 Å². The van der Waals surface area contributed by atoms with E-state index < -0.39 is 0 Å². The largest absolute Gasteiger partial charge is 0.371 e. The molecule has 2 rings (SSSR count). The van der Waals surface area contributed by atoms with Crippen LogP contribution in [0.1, 0.15) is 12.8 Å². The monoisotopic (exact) mass is 190 g/mol. The fraction of sp³-hybridized carbons (Fsp3) is 0.500. The fourth-order valence-corrected chi connectivity index (χ4v) is 2.27. The summed E-state index contributed by atoms with van der Waals surface area (Å²) in [5, 5.41) is 3.42. The highest BCUT2D eigenvalue weighted by atomic mass is 15.1. The van der Waals surface area contributed by atoms with Crippen LogP contribution < -0.4 is 5.32 Å². The van der Waals surface area contributed by atoms with Crippen LogP contribution in [0.5, 0.6) is 0 Å². The smallest absolute Gasteiger partial charge is 0.0371 e. The summed E-state index contributed by atoms with van der Waals surface area (Å²) in [4.78, 5) is 2.29. The molecule has 2 aliphatic rings. The summed E-state index contributed by atoms with van der Waals surface area (Å²) in [7, 11) is 2.14. The molecule has 0 aromatic heterocycles. The zero-order valence-corrected chi connectivity index (χ0v) is 8.84. The molecular formula is C12H18N2. The Bertz CT molecular complexity index is 299. The van der Waals surface area contributed by atoms with Crippen molar-refractivity contribution in [1.29, 1.82) is 0 Å². The molecule has 0 aromatic carbocycles. The summed E-state index contributed by atoms with van der Waals surface area (Å²) in [6, 6.07) is 0. The molecule has 0 saturated heterocycles. The second-order valence-electron chi connectivity index (χ2n) is 3.98. The Kier molecular flexibility index (Phi) is 2.73. The van der Waals surface area contributed by atoms with E-state index in [2.05, 4.69) is 29.9 Å². The third-order valence-corrected chi connectivity index (χ3v) is 2.97. The van der Waals surface area contributed by atoms with Gasteiger partial charge in [-0.1, -0.05) is 12.2 Å². The SMILES string of the molecule is C=CCN(C)C1=CCCC2=C1CNC2. The van der Waals surface area contributed by atoms with Crippen molar-refractivity contribution in [2.45, 2.75) is 12.8 Å². The second-order valence-corrected chi connectivity index (χ2v) is 3.98. The quantitative estimate of drug-likeness (QED) is 0.681. The van der Waals surface area contributed by atoms with Gasteiger partial charge in [-0.05, 0) is 24.0 Å². The standard InChI is InChI=1S/C12H18N2/c1-3-7-14(2)12-6-4-5-10-8-13-9-11(10)12/h3,6,13H,1,4-5,7-9H2,2H3. The second kappa shape index (κ2) is 4.01. The molecule has 1 N–H and O–H groups in total. The number of allylic oxidation sites excluding steroid dienone is 1. The summed E-state index contributed by atoms with van der Waals surface area (Å²) < 4.78 is 0. The van der Waals surface area contributed by atoms with Crippen LogP contribution in [0.2, 0.25) is 0 Å². The van der Waals surface area contributed by atoms with Crippen LogP contribution in [0.3, 0.4) is 0 Å². The van der Waals surface area contributed by atoms with Gasteiger partial charge in [-0.25, -0.2) is 0 Å². The van der Waals surface area contributed by atoms with Gasteiger partial charge in [0.25, 0.3) is 0 Å². The highest BCUT2D eigenvalue weighted by molar-refractivity contribution is 5.42. The first-order chi connectivity index (χ1) is 6.83. The van der Waals surface area contributed by atoms with Crippen LogP contribution in [0, 0.1) is 0 Å². The maximum atomic E-state index is 3.78. The van der Waals surface area contributed by atoms with Gasteiger partial charge in [-0.2, -0.15) is 0 Å². The number of likely N-dealkylation sites (N-methyl/N-ethyl adjacent to an activating group) is 1. The molecule has 0 fully saturated rings. The Labute approximate surface area is 86.0 Å². The molecule has 0 amide bonds. The molecule has 0 unspecified atom stereocenters. The van der Waals surface area contributed by atoms with Crippen LogP contribution in [0.15, 0.2) is 35.6 Å². The summed E-state index contributed by atoms with van der Waals surface area (Å²) in [5.41, 5.74) is 4.55. The Balaban J connectivity index is 2.18. The van der Waals surface area contributed by atoms with Crippen molar-refractivity contribution in [2.75, 3.05) is 26.7 Å². The minimum atomic E-state index is 0.933. The average Bonchev–Trinajstić information content (AvgIpc) is 2.65. The van der Waals surface area contributed by atoms with Crippen molar-refractivity contribution < 1.29 is 0 Å². The van der Waals surface area contributed by atoms with E-state index in [0.29, 0.717) is 0 Å². The number of nitrogens with one attached hydrogen (secondary N) is 1. The van der Waals surface area contributed by atoms with E-state index in [4.69, 9.17) is 0 Å². The van der Waals surface area contributed by atoms with Crippen LogP contribution >= 0.6 is 0 Å². The maximum Gasteiger partial charge on any atom is 0.0371 e. The van der Waals surface area contributed by atoms with Gasteiger partial charge >= 0.3 is 0 Å². The Hall–Kier alpha value is -1.02. The van der Waals surface area contributed by atoms with Gasteiger partial charge in [0.15, 0.2) is 0 Å². The molecule has 0 radical (unpaired) electrons. The lowest BCUT2D eigenvalue weighted by Crippen LogP contribution is -2.22. The first kappa shape index (κ1) is 9.53. The molecular weight excluding hydrogens is 172 g/mol. The van der Waals surface area contributed by atoms with Gasteiger partial charge in [0, 0.05) is 32.4 Å². The molecule has 0 aromatic rings. The first-order valence-electron chi connectivity index (χ1n) is 5.27. The fourth-order valence-electron chi connectivity index (χ4n) is 2.27. The zero-order chi connectivity index (χ0) is 9.97. The number of rotatable bonds is 3.